The van der Waals surface area contributed by atoms with Gasteiger partial charge in [-0.3, -0.25) is 4.79 Å². The van der Waals surface area contributed by atoms with Gasteiger partial charge >= 0.3 is 0 Å². The van der Waals surface area contributed by atoms with Gasteiger partial charge in [0.1, 0.15) is 11.8 Å². The van der Waals surface area contributed by atoms with Crippen molar-refractivity contribution in [2.75, 3.05) is 12.4 Å². The van der Waals surface area contributed by atoms with E-state index in [1.807, 2.05) is 6.92 Å². The number of halogens is 1. The molecule has 0 aliphatic carbocycles. The van der Waals surface area contributed by atoms with Crippen LogP contribution in [0.1, 0.15) is 33.6 Å². The van der Waals surface area contributed by atoms with Crippen molar-refractivity contribution < 1.29 is 9.53 Å². The van der Waals surface area contributed by atoms with Gasteiger partial charge in [-0.1, -0.05) is 25.4 Å². The summed E-state index contributed by atoms with van der Waals surface area (Å²) < 4.78 is 5.25. The van der Waals surface area contributed by atoms with Crippen molar-refractivity contribution >= 4 is 23.2 Å². The minimum Gasteiger partial charge on any atom is -0.495 e. The normalized spacial score (nSPS) is 12.1. The van der Waals surface area contributed by atoms with E-state index in [0.29, 0.717) is 16.5 Å². The molecule has 20 heavy (non-hydrogen) atoms. The third-order valence-electron chi connectivity index (χ3n) is 3.26. The van der Waals surface area contributed by atoms with E-state index < -0.39 is 0 Å². The summed E-state index contributed by atoms with van der Waals surface area (Å²) >= 11 is 5.97. The first-order valence-electron chi connectivity index (χ1n) is 6.92. The Morgan fingerprint density at radius 1 is 1.35 bits per heavy atom. The molecule has 0 fully saturated rings. The summed E-state index contributed by atoms with van der Waals surface area (Å²) in [6.07, 6.45) is 1.85. The summed E-state index contributed by atoms with van der Waals surface area (Å²) in [5.74, 6) is 0.636. The van der Waals surface area contributed by atoms with Gasteiger partial charge < -0.3 is 15.4 Å². The van der Waals surface area contributed by atoms with Crippen molar-refractivity contribution in [3.05, 3.63) is 23.2 Å². The molecular formula is C15H23ClN2O2. The molecule has 2 N–H and O–H groups in total. The largest absolute Gasteiger partial charge is 0.495 e. The average molecular weight is 299 g/mol. The highest BCUT2D eigenvalue weighted by atomic mass is 35.5. The lowest BCUT2D eigenvalue weighted by Crippen LogP contribution is -2.42. The van der Waals surface area contributed by atoms with Crippen LogP contribution < -0.4 is 15.4 Å². The molecule has 0 radical (unpaired) electrons. The summed E-state index contributed by atoms with van der Waals surface area (Å²) in [5, 5.41) is 6.75. The lowest BCUT2D eigenvalue weighted by Gasteiger charge is -2.21. The molecule has 0 spiro atoms. The topological polar surface area (TPSA) is 50.4 Å². The predicted octanol–water partition coefficient (Wildman–Crippen LogP) is 3.45. The highest BCUT2D eigenvalue weighted by Gasteiger charge is 2.17. The maximum absolute atomic E-state index is 12.1. The molecule has 1 aromatic rings. The van der Waals surface area contributed by atoms with Gasteiger partial charge in [0.2, 0.25) is 5.91 Å². The number of hydrogen-bond acceptors (Lipinski definition) is 3. The number of benzene rings is 1. The first-order valence-corrected chi connectivity index (χ1v) is 7.30. The fourth-order valence-corrected chi connectivity index (χ4v) is 2.08. The van der Waals surface area contributed by atoms with Crippen molar-refractivity contribution in [2.45, 2.75) is 45.7 Å². The number of methoxy groups -OCH3 is 1. The Balaban J connectivity index is 2.72. The molecule has 0 bridgehead atoms. The van der Waals surface area contributed by atoms with Crippen molar-refractivity contribution in [1.82, 2.24) is 5.32 Å². The van der Waals surface area contributed by atoms with E-state index >= 15 is 0 Å². The van der Waals surface area contributed by atoms with E-state index in [1.54, 1.807) is 25.3 Å². The second-order valence-electron chi connectivity index (χ2n) is 4.73. The third-order valence-corrected chi connectivity index (χ3v) is 3.49. The number of carbonyl (C=O) groups excluding carboxylic acids is 1. The molecule has 0 heterocycles. The molecule has 0 saturated carbocycles. The summed E-state index contributed by atoms with van der Waals surface area (Å²) in [6, 6.07) is 5.13. The van der Waals surface area contributed by atoms with Crippen molar-refractivity contribution in [2.24, 2.45) is 0 Å². The molecule has 4 nitrogen and oxygen atoms in total. The third kappa shape index (κ3) is 4.60. The number of hydrogen-bond donors (Lipinski definition) is 2. The molecular weight excluding hydrogens is 276 g/mol. The second kappa shape index (κ2) is 8.00. The van der Waals surface area contributed by atoms with Crippen LogP contribution >= 0.6 is 11.6 Å². The summed E-state index contributed by atoms with van der Waals surface area (Å²) in [7, 11) is 1.59. The number of nitrogens with one attached hydrogen (secondary N) is 2. The molecule has 1 aromatic carbocycles. The van der Waals surface area contributed by atoms with Crippen LogP contribution in [0.25, 0.3) is 0 Å². The van der Waals surface area contributed by atoms with E-state index in [1.165, 1.54) is 0 Å². The number of anilines is 1. The Labute approximate surface area is 125 Å². The molecule has 0 aliphatic heterocycles. The molecule has 1 amide bonds. The zero-order valence-electron chi connectivity index (χ0n) is 12.5. The van der Waals surface area contributed by atoms with Gasteiger partial charge in [-0.05, 0) is 38.0 Å². The second-order valence-corrected chi connectivity index (χ2v) is 5.17. The maximum Gasteiger partial charge on any atom is 0.242 e. The Kier molecular flexibility index (Phi) is 6.65. The molecule has 0 aromatic heterocycles. The number of amides is 1. The van der Waals surface area contributed by atoms with Crippen molar-refractivity contribution in [1.29, 1.82) is 0 Å². The van der Waals surface area contributed by atoms with Crippen molar-refractivity contribution in [3.63, 3.8) is 0 Å². The lowest BCUT2D eigenvalue weighted by atomic mass is 10.1. The summed E-state index contributed by atoms with van der Waals surface area (Å²) in [5.41, 5.74) is 0.715. The Hall–Kier alpha value is -1.42. The molecule has 0 aliphatic rings. The summed E-state index contributed by atoms with van der Waals surface area (Å²) in [6.45, 7) is 5.94. The number of rotatable bonds is 7. The van der Waals surface area contributed by atoms with E-state index in [4.69, 9.17) is 16.3 Å². The quantitative estimate of drug-likeness (QED) is 0.810. The minimum atomic E-state index is -0.358. The van der Waals surface area contributed by atoms with Gasteiger partial charge in [-0.2, -0.15) is 0 Å². The molecule has 0 saturated heterocycles. The fraction of sp³-hybridized carbons (Fsp3) is 0.533. The molecule has 1 atom stereocenters. The lowest BCUT2D eigenvalue weighted by molar-refractivity contribution is -0.122. The predicted molar refractivity (Wildman–Crippen MR) is 83.6 cm³/mol. The van der Waals surface area contributed by atoms with Crippen LogP contribution in [0.5, 0.6) is 5.75 Å². The van der Waals surface area contributed by atoms with Crippen LogP contribution in [0.15, 0.2) is 18.2 Å². The van der Waals surface area contributed by atoms with Crippen LogP contribution in [-0.2, 0) is 4.79 Å². The maximum atomic E-state index is 12.1. The minimum absolute atomic E-state index is 0.0271. The smallest absolute Gasteiger partial charge is 0.242 e. The number of carbonyl (C=O) groups is 1. The Bertz CT molecular complexity index is 447. The van der Waals surface area contributed by atoms with Crippen LogP contribution in [0.4, 0.5) is 5.69 Å². The van der Waals surface area contributed by atoms with Gasteiger partial charge in [-0.25, -0.2) is 0 Å². The number of ether oxygens (including phenoxy) is 1. The fourth-order valence-electron chi connectivity index (χ4n) is 1.91. The van der Waals surface area contributed by atoms with E-state index in [9.17, 15) is 4.79 Å². The van der Waals surface area contributed by atoms with E-state index in [-0.39, 0.29) is 18.0 Å². The van der Waals surface area contributed by atoms with Gasteiger partial charge in [0, 0.05) is 11.1 Å². The Morgan fingerprint density at radius 2 is 2.00 bits per heavy atom. The van der Waals surface area contributed by atoms with Crippen LogP contribution in [-0.4, -0.2) is 25.1 Å². The SMILES string of the molecule is CCC(CC)NC(=O)C(C)Nc1cc(Cl)ccc1OC. The molecule has 1 rings (SSSR count). The molecule has 1 unspecified atom stereocenters. The van der Waals surface area contributed by atoms with Gasteiger partial charge in [0.05, 0.1) is 12.8 Å². The van der Waals surface area contributed by atoms with Gasteiger partial charge in [0.25, 0.3) is 0 Å². The highest BCUT2D eigenvalue weighted by molar-refractivity contribution is 6.30. The van der Waals surface area contributed by atoms with Gasteiger partial charge in [-0.15, -0.1) is 0 Å². The first-order chi connectivity index (χ1) is 9.51. The van der Waals surface area contributed by atoms with Gasteiger partial charge in [0.15, 0.2) is 0 Å². The standard InChI is InChI=1S/C15H23ClN2O2/c1-5-12(6-2)18-15(19)10(3)17-13-9-11(16)7-8-14(13)20-4/h7-10,12,17H,5-6H2,1-4H3,(H,18,19). The van der Waals surface area contributed by atoms with Crippen LogP contribution in [0, 0.1) is 0 Å². The Morgan fingerprint density at radius 3 is 2.55 bits per heavy atom. The highest BCUT2D eigenvalue weighted by Crippen LogP contribution is 2.28. The molecule has 5 heteroatoms. The van der Waals surface area contributed by atoms with Crippen molar-refractivity contribution in [3.8, 4) is 5.75 Å². The average Bonchev–Trinajstić information content (AvgIpc) is 2.44. The van der Waals surface area contributed by atoms with Crippen LogP contribution in [0.3, 0.4) is 0 Å². The first kappa shape index (κ1) is 16.6. The van der Waals surface area contributed by atoms with E-state index in [0.717, 1.165) is 12.8 Å². The molecule has 112 valence electrons. The zero-order valence-corrected chi connectivity index (χ0v) is 13.3. The summed E-state index contributed by atoms with van der Waals surface area (Å²) in [4.78, 5) is 12.1. The zero-order chi connectivity index (χ0) is 15.1. The van der Waals surface area contributed by atoms with E-state index in [2.05, 4.69) is 24.5 Å². The monoisotopic (exact) mass is 298 g/mol. The van der Waals surface area contributed by atoms with Crippen LogP contribution in [0.2, 0.25) is 5.02 Å².